The zero-order chi connectivity index (χ0) is 17.3. The maximum atomic E-state index is 9.40. The minimum atomic E-state index is 0.369. The molecule has 2 aromatic rings. The zero-order valence-corrected chi connectivity index (χ0v) is 15.0. The van der Waals surface area contributed by atoms with E-state index in [1.54, 1.807) is 6.20 Å². The zero-order valence-electron chi connectivity index (χ0n) is 15.0. The topological polar surface area (TPSA) is 57.2 Å². The van der Waals surface area contributed by atoms with Crippen LogP contribution < -0.4 is 0 Å². The lowest BCUT2D eigenvalue weighted by atomic mass is 9.91. The van der Waals surface area contributed by atoms with Crippen molar-refractivity contribution < 1.29 is 0 Å². The lowest BCUT2D eigenvalue weighted by Crippen LogP contribution is -2.24. The molecule has 0 aliphatic carbocycles. The number of fused-ring (bicyclic) bond motifs is 1. The van der Waals surface area contributed by atoms with Gasteiger partial charge in [0.05, 0.1) is 17.6 Å². The molecule has 5 nitrogen and oxygen atoms in total. The van der Waals surface area contributed by atoms with E-state index in [-0.39, 0.29) is 0 Å². The molecule has 126 valence electrons. The second-order valence-electron chi connectivity index (χ2n) is 6.87. The number of rotatable bonds is 4. The number of likely N-dealkylation sites (N-methyl/N-ethyl adjacent to an activating group) is 1. The molecule has 24 heavy (non-hydrogen) atoms. The molecule has 0 bridgehead atoms. The third kappa shape index (κ3) is 2.83. The quantitative estimate of drug-likeness (QED) is 0.865. The van der Waals surface area contributed by atoms with E-state index in [0.29, 0.717) is 17.1 Å². The van der Waals surface area contributed by atoms with Crippen molar-refractivity contribution in [3.05, 3.63) is 34.8 Å². The van der Waals surface area contributed by atoms with Crippen LogP contribution in [0.1, 0.15) is 62.0 Å². The second kappa shape index (κ2) is 6.74. The molecule has 0 fully saturated rings. The lowest BCUT2D eigenvalue weighted by Gasteiger charge is -2.25. The number of hydrogen-bond donors (Lipinski definition) is 0. The Morgan fingerprint density at radius 1 is 1.38 bits per heavy atom. The SMILES string of the molecule is CCCc1c(C(C)C)c(C2=CCN(C)CC2)nc2c(C#N)cnn12. The summed E-state index contributed by atoms with van der Waals surface area (Å²) in [6, 6.07) is 2.23. The van der Waals surface area contributed by atoms with Gasteiger partial charge in [0.1, 0.15) is 11.6 Å². The van der Waals surface area contributed by atoms with E-state index in [2.05, 4.69) is 50.0 Å². The molecule has 1 aliphatic rings. The lowest BCUT2D eigenvalue weighted by molar-refractivity contribution is 0.369. The van der Waals surface area contributed by atoms with Crippen LogP contribution in [0.25, 0.3) is 11.2 Å². The molecule has 3 rings (SSSR count). The number of aryl methyl sites for hydroxylation is 1. The van der Waals surface area contributed by atoms with Crippen LogP contribution in [0.4, 0.5) is 0 Å². The minimum Gasteiger partial charge on any atom is -0.302 e. The average Bonchev–Trinajstić information content (AvgIpc) is 2.98. The van der Waals surface area contributed by atoms with E-state index in [9.17, 15) is 5.26 Å². The third-order valence-electron chi connectivity index (χ3n) is 4.68. The van der Waals surface area contributed by atoms with Crippen molar-refractivity contribution in [2.45, 2.75) is 46.0 Å². The highest BCUT2D eigenvalue weighted by atomic mass is 15.3. The Morgan fingerprint density at radius 3 is 2.75 bits per heavy atom. The molecule has 0 unspecified atom stereocenters. The molecular weight excluding hydrogens is 298 g/mol. The summed E-state index contributed by atoms with van der Waals surface area (Å²) in [5.74, 6) is 0.369. The fourth-order valence-electron chi connectivity index (χ4n) is 3.46. The monoisotopic (exact) mass is 323 g/mol. The van der Waals surface area contributed by atoms with E-state index in [4.69, 9.17) is 4.98 Å². The molecule has 0 saturated heterocycles. The average molecular weight is 323 g/mol. The Kier molecular flexibility index (Phi) is 4.68. The Labute approximate surface area is 143 Å². The van der Waals surface area contributed by atoms with Gasteiger partial charge in [0, 0.05) is 18.7 Å². The number of hydrogen-bond acceptors (Lipinski definition) is 4. The Balaban J connectivity index is 2.30. The molecule has 0 spiro atoms. The summed E-state index contributed by atoms with van der Waals surface area (Å²) in [6.45, 7) is 8.61. The Bertz CT molecular complexity index is 822. The van der Waals surface area contributed by atoms with E-state index in [1.807, 2.05) is 4.52 Å². The van der Waals surface area contributed by atoms with Crippen molar-refractivity contribution >= 4 is 11.2 Å². The van der Waals surface area contributed by atoms with Crippen LogP contribution in [0.3, 0.4) is 0 Å². The minimum absolute atomic E-state index is 0.369. The molecule has 0 atom stereocenters. The predicted molar refractivity (Wildman–Crippen MR) is 95.9 cm³/mol. The van der Waals surface area contributed by atoms with Crippen LogP contribution in [-0.2, 0) is 6.42 Å². The van der Waals surface area contributed by atoms with Gasteiger partial charge in [-0.15, -0.1) is 0 Å². The normalized spacial score (nSPS) is 15.8. The predicted octanol–water partition coefficient (Wildman–Crippen LogP) is 3.40. The number of nitriles is 1. The highest BCUT2D eigenvalue weighted by Gasteiger charge is 2.23. The summed E-state index contributed by atoms with van der Waals surface area (Å²) in [4.78, 5) is 7.22. The first-order valence-corrected chi connectivity index (χ1v) is 8.75. The van der Waals surface area contributed by atoms with Crippen LogP contribution in [-0.4, -0.2) is 39.6 Å². The van der Waals surface area contributed by atoms with Crippen molar-refractivity contribution in [3.8, 4) is 6.07 Å². The second-order valence-corrected chi connectivity index (χ2v) is 6.87. The van der Waals surface area contributed by atoms with E-state index < -0.39 is 0 Å². The molecular formula is C19H25N5. The van der Waals surface area contributed by atoms with Crippen molar-refractivity contribution in [1.29, 1.82) is 5.26 Å². The molecule has 1 aliphatic heterocycles. The molecule has 5 heteroatoms. The van der Waals surface area contributed by atoms with Crippen molar-refractivity contribution in [3.63, 3.8) is 0 Å². The molecule has 0 aromatic carbocycles. The summed E-state index contributed by atoms with van der Waals surface area (Å²) in [7, 11) is 2.14. The first kappa shape index (κ1) is 16.7. The van der Waals surface area contributed by atoms with Crippen LogP contribution in [0.15, 0.2) is 12.3 Å². The van der Waals surface area contributed by atoms with Gasteiger partial charge in [0.2, 0.25) is 0 Å². The summed E-state index contributed by atoms with van der Waals surface area (Å²) in [5, 5.41) is 13.8. The van der Waals surface area contributed by atoms with Gasteiger partial charge in [-0.25, -0.2) is 9.50 Å². The van der Waals surface area contributed by atoms with Crippen molar-refractivity contribution in [1.82, 2.24) is 19.5 Å². The summed E-state index contributed by atoms with van der Waals surface area (Å²) >= 11 is 0. The standard InChI is InChI=1S/C19H25N5/c1-5-6-16-17(13(2)3)18(14-7-9-23(4)10-8-14)22-19-15(11-20)12-21-24(16)19/h7,12-13H,5-6,8-10H2,1-4H3. The van der Waals surface area contributed by atoms with Gasteiger partial charge in [-0.05, 0) is 31.4 Å². The van der Waals surface area contributed by atoms with Crippen LogP contribution in [0, 0.1) is 11.3 Å². The van der Waals surface area contributed by atoms with Crippen molar-refractivity contribution in [2.75, 3.05) is 20.1 Å². The molecule has 0 amide bonds. The largest absolute Gasteiger partial charge is 0.302 e. The molecule has 0 saturated carbocycles. The van der Waals surface area contributed by atoms with Gasteiger partial charge in [-0.3, -0.25) is 0 Å². The van der Waals surface area contributed by atoms with Gasteiger partial charge in [0.15, 0.2) is 5.65 Å². The molecule has 3 heterocycles. The smallest absolute Gasteiger partial charge is 0.173 e. The number of aromatic nitrogens is 3. The van der Waals surface area contributed by atoms with Gasteiger partial charge in [-0.2, -0.15) is 10.4 Å². The maximum Gasteiger partial charge on any atom is 0.173 e. The highest BCUT2D eigenvalue weighted by molar-refractivity contribution is 5.70. The third-order valence-corrected chi connectivity index (χ3v) is 4.68. The fraction of sp³-hybridized carbons (Fsp3) is 0.526. The first-order valence-electron chi connectivity index (χ1n) is 8.75. The summed E-state index contributed by atoms with van der Waals surface area (Å²) in [6.07, 6.45) is 6.91. The van der Waals surface area contributed by atoms with Gasteiger partial charge < -0.3 is 4.90 Å². The molecule has 2 aromatic heterocycles. The first-order chi connectivity index (χ1) is 11.6. The fourth-order valence-corrected chi connectivity index (χ4v) is 3.46. The highest BCUT2D eigenvalue weighted by Crippen LogP contribution is 2.32. The van der Waals surface area contributed by atoms with E-state index in [1.165, 1.54) is 16.8 Å². The van der Waals surface area contributed by atoms with Gasteiger partial charge >= 0.3 is 0 Å². The summed E-state index contributed by atoms with van der Waals surface area (Å²) < 4.78 is 1.89. The summed E-state index contributed by atoms with van der Waals surface area (Å²) in [5.41, 5.74) is 6.12. The van der Waals surface area contributed by atoms with Crippen LogP contribution >= 0.6 is 0 Å². The Hall–Kier alpha value is -2.19. The van der Waals surface area contributed by atoms with Crippen LogP contribution in [0.2, 0.25) is 0 Å². The van der Waals surface area contributed by atoms with Gasteiger partial charge in [-0.1, -0.05) is 33.3 Å². The van der Waals surface area contributed by atoms with E-state index in [0.717, 1.165) is 38.0 Å². The van der Waals surface area contributed by atoms with E-state index >= 15 is 0 Å². The Morgan fingerprint density at radius 2 is 2.17 bits per heavy atom. The molecule has 0 radical (unpaired) electrons. The number of nitrogens with zero attached hydrogens (tertiary/aromatic N) is 5. The van der Waals surface area contributed by atoms with Gasteiger partial charge in [0.25, 0.3) is 0 Å². The van der Waals surface area contributed by atoms with Crippen LogP contribution in [0.5, 0.6) is 0 Å². The molecule has 0 N–H and O–H groups in total. The maximum absolute atomic E-state index is 9.40. The van der Waals surface area contributed by atoms with Crippen molar-refractivity contribution in [2.24, 2.45) is 0 Å².